The van der Waals surface area contributed by atoms with Crippen LogP contribution >= 0.6 is 0 Å². The minimum absolute atomic E-state index is 0.0956. The maximum atomic E-state index is 12.1. The molecule has 1 saturated carbocycles. The number of ether oxygens (including phenoxy) is 1. The number of methoxy groups -OCH3 is 1. The number of hydrogen-bond donors (Lipinski definition) is 2. The molecule has 0 radical (unpaired) electrons. The van der Waals surface area contributed by atoms with Crippen LogP contribution < -0.4 is 10.6 Å². The van der Waals surface area contributed by atoms with Crippen LogP contribution in [0.2, 0.25) is 0 Å². The largest absolute Gasteiger partial charge is 0.384 e. The third kappa shape index (κ3) is 4.53. The minimum atomic E-state index is -0.0956. The normalized spacial score (nSPS) is 15.8. The van der Waals surface area contributed by atoms with Gasteiger partial charge in [0.15, 0.2) is 0 Å². The second-order valence-electron chi connectivity index (χ2n) is 5.33. The summed E-state index contributed by atoms with van der Waals surface area (Å²) in [6, 6.07) is 8.11. The second-order valence-corrected chi connectivity index (χ2v) is 5.33. The third-order valence-electron chi connectivity index (χ3n) is 3.78. The third-order valence-corrected chi connectivity index (χ3v) is 3.78. The number of para-hydroxylation sites is 1. The molecule has 2 N–H and O–H groups in total. The Balaban J connectivity index is 1.89. The maximum Gasteiger partial charge on any atom is 0.319 e. The van der Waals surface area contributed by atoms with Gasteiger partial charge in [0, 0.05) is 18.8 Å². The molecule has 1 aliphatic rings. The molecule has 2 rings (SSSR count). The van der Waals surface area contributed by atoms with Crippen molar-refractivity contribution >= 4 is 11.7 Å². The lowest BCUT2D eigenvalue weighted by molar-refractivity contribution is 0.202. The molecular weight excluding hydrogens is 252 g/mol. The SMILES string of the molecule is COCCc1ccccc1NC(=O)NC1CCCCC1. The number of carbonyl (C=O) groups excluding carboxylic acids is 1. The first-order chi connectivity index (χ1) is 9.79. The lowest BCUT2D eigenvalue weighted by Gasteiger charge is -2.23. The molecule has 0 bridgehead atoms. The fourth-order valence-electron chi connectivity index (χ4n) is 2.66. The number of amides is 2. The zero-order valence-corrected chi connectivity index (χ0v) is 12.2. The monoisotopic (exact) mass is 276 g/mol. The van der Waals surface area contributed by atoms with Gasteiger partial charge in [0.25, 0.3) is 0 Å². The van der Waals surface area contributed by atoms with Crippen molar-refractivity contribution in [1.82, 2.24) is 5.32 Å². The molecule has 1 aromatic rings. The Morgan fingerprint density at radius 1 is 1.25 bits per heavy atom. The van der Waals surface area contributed by atoms with Gasteiger partial charge in [-0.3, -0.25) is 0 Å². The Morgan fingerprint density at radius 2 is 2.00 bits per heavy atom. The Labute approximate surface area is 120 Å². The molecule has 0 heterocycles. The fourth-order valence-corrected chi connectivity index (χ4v) is 2.66. The average molecular weight is 276 g/mol. The van der Waals surface area contributed by atoms with Gasteiger partial charge in [-0.25, -0.2) is 4.79 Å². The summed E-state index contributed by atoms with van der Waals surface area (Å²) in [4.78, 5) is 12.1. The number of benzene rings is 1. The van der Waals surface area contributed by atoms with Crippen LogP contribution in [-0.4, -0.2) is 25.8 Å². The van der Waals surface area contributed by atoms with Gasteiger partial charge in [-0.2, -0.15) is 0 Å². The number of anilines is 1. The number of hydrogen-bond acceptors (Lipinski definition) is 2. The van der Waals surface area contributed by atoms with Crippen molar-refractivity contribution in [3.05, 3.63) is 29.8 Å². The predicted molar refractivity (Wildman–Crippen MR) is 81.0 cm³/mol. The van der Waals surface area contributed by atoms with Crippen molar-refractivity contribution in [2.45, 2.75) is 44.6 Å². The quantitative estimate of drug-likeness (QED) is 0.866. The highest BCUT2D eigenvalue weighted by molar-refractivity contribution is 5.90. The van der Waals surface area contributed by atoms with Crippen LogP contribution in [0.4, 0.5) is 10.5 Å². The summed E-state index contributed by atoms with van der Waals surface area (Å²) in [5.74, 6) is 0. The van der Waals surface area contributed by atoms with E-state index in [-0.39, 0.29) is 6.03 Å². The lowest BCUT2D eigenvalue weighted by Crippen LogP contribution is -2.39. The van der Waals surface area contributed by atoms with Gasteiger partial charge in [-0.15, -0.1) is 0 Å². The van der Waals surface area contributed by atoms with Crippen LogP contribution in [0.1, 0.15) is 37.7 Å². The molecule has 4 nitrogen and oxygen atoms in total. The van der Waals surface area contributed by atoms with Gasteiger partial charge in [0.1, 0.15) is 0 Å². The van der Waals surface area contributed by atoms with Gasteiger partial charge >= 0.3 is 6.03 Å². The Kier molecular flexibility index (Phi) is 5.87. The minimum Gasteiger partial charge on any atom is -0.384 e. The molecule has 1 aliphatic carbocycles. The molecule has 0 saturated heterocycles. The van der Waals surface area contributed by atoms with E-state index < -0.39 is 0 Å². The van der Waals surface area contributed by atoms with Gasteiger partial charge < -0.3 is 15.4 Å². The summed E-state index contributed by atoms with van der Waals surface area (Å²) < 4.78 is 5.10. The van der Waals surface area contributed by atoms with Crippen molar-refractivity contribution in [3.63, 3.8) is 0 Å². The van der Waals surface area contributed by atoms with E-state index in [0.717, 1.165) is 30.5 Å². The van der Waals surface area contributed by atoms with Crippen LogP contribution in [0.25, 0.3) is 0 Å². The molecule has 0 aliphatic heterocycles. The fraction of sp³-hybridized carbons (Fsp3) is 0.562. The number of urea groups is 1. The van der Waals surface area contributed by atoms with E-state index in [1.165, 1.54) is 19.3 Å². The highest BCUT2D eigenvalue weighted by Crippen LogP contribution is 2.18. The summed E-state index contributed by atoms with van der Waals surface area (Å²) in [7, 11) is 1.69. The van der Waals surface area contributed by atoms with Crippen LogP contribution in [0.15, 0.2) is 24.3 Å². The summed E-state index contributed by atoms with van der Waals surface area (Å²) in [5, 5.41) is 6.03. The summed E-state index contributed by atoms with van der Waals surface area (Å²) in [6.07, 6.45) is 6.72. The number of rotatable bonds is 5. The van der Waals surface area contributed by atoms with E-state index in [1.54, 1.807) is 7.11 Å². The molecule has 1 fully saturated rings. The first kappa shape index (κ1) is 14.9. The van der Waals surface area contributed by atoms with Crippen LogP contribution in [0.3, 0.4) is 0 Å². The van der Waals surface area contributed by atoms with Gasteiger partial charge in [0.05, 0.1) is 6.61 Å². The van der Waals surface area contributed by atoms with Crippen molar-refractivity contribution < 1.29 is 9.53 Å². The Morgan fingerprint density at radius 3 is 2.75 bits per heavy atom. The zero-order valence-electron chi connectivity index (χ0n) is 12.2. The lowest BCUT2D eigenvalue weighted by atomic mass is 9.96. The molecule has 4 heteroatoms. The van der Waals surface area contributed by atoms with Crippen molar-refractivity contribution in [3.8, 4) is 0 Å². The summed E-state index contributed by atoms with van der Waals surface area (Å²) in [5.41, 5.74) is 1.98. The standard InChI is InChI=1S/C16H24N2O2/c1-20-12-11-13-7-5-6-10-15(13)18-16(19)17-14-8-3-2-4-9-14/h5-7,10,14H,2-4,8-9,11-12H2,1H3,(H2,17,18,19). The zero-order chi connectivity index (χ0) is 14.2. The van der Waals surface area contributed by atoms with E-state index in [4.69, 9.17) is 4.74 Å². The molecule has 110 valence electrons. The Bertz CT molecular complexity index is 428. The number of nitrogens with one attached hydrogen (secondary N) is 2. The first-order valence-electron chi connectivity index (χ1n) is 7.44. The second kappa shape index (κ2) is 7.90. The average Bonchev–Trinajstić information content (AvgIpc) is 2.47. The summed E-state index contributed by atoms with van der Waals surface area (Å²) >= 11 is 0. The van der Waals surface area contributed by atoms with E-state index >= 15 is 0 Å². The van der Waals surface area contributed by atoms with Crippen LogP contribution in [0, 0.1) is 0 Å². The smallest absolute Gasteiger partial charge is 0.319 e. The van der Waals surface area contributed by atoms with E-state index in [2.05, 4.69) is 10.6 Å². The van der Waals surface area contributed by atoms with E-state index in [9.17, 15) is 4.79 Å². The van der Waals surface area contributed by atoms with Crippen LogP contribution in [-0.2, 0) is 11.2 Å². The van der Waals surface area contributed by atoms with Gasteiger partial charge in [-0.1, -0.05) is 37.5 Å². The van der Waals surface area contributed by atoms with Crippen molar-refractivity contribution in [1.29, 1.82) is 0 Å². The van der Waals surface area contributed by atoms with E-state index in [0.29, 0.717) is 12.6 Å². The molecular formula is C16H24N2O2. The van der Waals surface area contributed by atoms with Crippen LogP contribution in [0.5, 0.6) is 0 Å². The maximum absolute atomic E-state index is 12.1. The topological polar surface area (TPSA) is 50.4 Å². The molecule has 1 aromatic carbocycles. The molecule has 2 amide bonds. The number of carbonyl (C=O) groups is 1. The molecule has 0 aromatic heterocycles. The van der Waals surface area contributed by atoms with Crippen molar-refractivity contribution in [2.75, 3.05) is 19.0 Å². The highest BCUT2D eigenvalue weighted by Gasteiger charge is 2.16. The van der Waals surface area contributed by atoms with Gasteiger partial charge in [0.2, 0.25) is 0 Å². The molecule has 0 atom stereocenters. The predicted octanol–water partition coefficient (Wildman–Crippen LogP) is 3.33. The van der Waals surface area contributed by atoms with Crippen molar-refractivity contribution in [2.24, 2.45) is 0 Å². The molecule has 20 heavy (non-hydrogen) atoms. The molecule has 0 unspecified atom stereocenters. The first-order valence-corrected chi connectivity index (χ1v) is 7.44. The summed E-state index contributed by atoms with van der Waals surface area (Å²) in [6.45, 7) is 0.656. The molecule has 0 spiro atoms. The van der Waals surface area contributed by atoms with E-state index in [1.807, 2.05) is 24.3 Å². The highest BCUT2D eigenvalue weighted by atomic mass is 16.5. The van der Waals surface area contributed by atoms with Gasteiger partial charge in [-0.05, 0) is 30.9 Å². The Hall–Kier alpha value is -1.55.